The van der Waals surface area contributed by atoms with Gasteiger partial charge in [-0.05, 0) is 24.9 Å². The van der Waals surface area contributed by atoms with Crippen molar-refractivity contribution in [1.29, 1.82) is 0 Å². The van der Waals surface area contributed by atoms with Crippen molar-refractivity contribution in [1.82, 2.24) is 9.97 Å². The van der Waals surface area contributed by atoms with Crippen LogP contribution in [-0.2, 0) is 4.84 Å². The third-order valence-corrected chi connectivity index (χ3v) is 2.48. The molecule has 0 amide bonds. The SMILES string of the molecule is CC[C@@H](C)Nc1nc(Cl)nc(Cl)c1NOC. The van der Waals surface area contributed by atoms with Crippen LogP contribution in [0.5, 0.6) is 0 Å². The van der Waals surface area contributed by atoms with Gasteiger partial charge in [0.2, 0.25) is 5.28 Å². The minimum absolute atomic E-state index is 0.0949. The van der Waals surface area contributed by atoms with Gasteiger partial charge in [-0.15, -0.1) is 0 Å². The first-order chi connectivity index (χ1) is 7.58. The first-order valence-corrected chi connectivity index (χ1v) is 5.62. The summed E-state index contributed by atoms with van der Waals surface area (Å²) in [6.45, 7) is 4.09. The van der Waals surface area contributed by atoms with Gasteiger partial charge in [0.25, 0.3) is 0 Å². The van der Waals surface area contributed by atoms with Crippen LogP contribution in [0.4, 0.5) is 11.5 Å². The molecule has 0 aliphatic heterocycles. The van der Waals surface area contributed by atoms with Gasteiger partial charge in [-0.2, -0.15) is 4.98 Å². The van der Waals surface area contributed by atoms with Gasteiger partial charge >= 0.3 is 0 Å². The van der Waals surface area contributed by atoms with Gasteiger partial charge in [0.05, 0.1) is 7.11 Å². The Labute approximate surface area is 104 Å². The molecule has 0 spiro atoms. The second-order valence-electron chi connectivity index (χ2n) is 3.27. The maximum atomic E-state index is 5.92. The molecule has 1 aromatic heterocycles. The van der Waals surface area contributed by atoms with E-state index in [2.05, 4.69) is 27.7 Å². The van der Waals surface area contributed by atoms with Crippen molar-refractivity contribution >= 4 is 34.7 Å². The van der Waals surface area contributed by atoms with Gasteiger partial charge in [-0.25, -0.2) is 4.98 Å². The molecule has 1 rings (SSSR count). The van der Waals surface area contributed by atoms with Crippen molar-refractivity contribution in [3.8, 4) is 0 Å². The molecule has 0 radical (unpaired) electrons. The van der Waals surface area contributed by atoms with Crippen molar-refractivity contribution in [2.75, 3.05) is 17.9 Å². The molecule has 5 nitrogen and oxygen atoms in total. The lowest BCUT2D eigenvalue weighted by molar-refractivity contribution is 0.271. The highest BCUT2D eigenvalue weighted by atomic mass is 35.5. The normalized spacial score (nSPS) is 12.3. The Kier molecular flexibility index (Phi) is 5.05. The number of nitrogens with zero attached hydrogens (tertiary/aromatic N) is 2. The van der Waals surface area contributed by atoms with Gasteiger partial charge in [0.15, 0.2) is 11.0 Å². The number of halogens is 2. The summed E-state index contributed by atoms with van der Waals surface area (Å²) in [5.74, 6) is 0.529. The Bertz CT molecular complexity index is 362. The molecule has 2 N–H and O–H groups in total. The molecule has 16 heavy (non-hydrogen) atoms. The summed E-state index contributed by atoms with van der Waals surface area (Å²) < 4.78 is 0. The molecule has 0 saturated heterocycles. The summed E-state index contributed by atoms with van der Waals surface area (Å²) in [6, 6.07) is 0.249. The molecule has 0 aliphatic carbocycles. The van der Waals surface area contributed by atoms with Crippen LogP contribution in [-0.4, -0.2) is 23.1 Å². The lowest BCUT2D eigenvalue weighted by atomic mass is 10.2. The predicted molar refractivity (Wildman–Crippen MR) is 66.1 cm³/mol. The topological polar surface area (TPSA) is 59.1 Å². The molecule has 1 heterocycles. The third kappa shape index (κ3) is 3.37. The van der Waals surface area contributed by atoms with Crippen LogP contribution < -0.4 is 10.8 Å². The van der Waals surface area contributed by atoms with Crippen LogP contribution in [0.3, 0.4) is 0 Å². The first-order valence-electron chi connectivity index (χ1n) is 4.87. The van der Waals surface area contributed by atoms with Crippen molar-refractivity contribution in [2.45, 2.75) is 26.3 Å². The molecule has 1 aromatic rings. The van der Waals surface area contributed by atoms with Crippen LogP contribution in [0.2, 0.25) is 10.4 Å². The first kappa shape index (κ1) is 13.3. The standard InChI is InChI=1S/C9H14Cl2N4O/c1-4-5(2)12-8-6(15-16-3)7(10)13-9(11)14-8/h5,15H,4H2,1-3H3,(H,12,13,14)/t5-/m1/s1. The lowest BCUT2D eigenvalue weighted by Crippen LogP contribution is -2.17. The molecule has 7 heteroatoms. The van der Waals surface area contributed by atoms with Crippen molar-refractivity contribution in [3.05, 3.63) is 10.4 Å². The minimum atomic E-state index is 0.0949. The molecule has 90 valence electrons. The van der Waals surface area contributed by atoms with Gasteiger partial charge in [0, 0.05) is 6.04 Å². The number of hydrogen-bond donors (Lipinski definition) is 2. The van der Waals surface area contributed by atoms with Crippen molar-refractivity contribution < 1.29 is 4.84 Å². The summed E-state index contributed by atoms with van der Waals surface area (Å²) in [4.78, 5) is 12.7. The molecule has 0 aromatic carbocycles. The zero-order valence-electron chi connectivity index (χ0n) is 9.34. The molecular weight excluding hydrogens is 251 g/mol. The van der Waals surface area contributed by atoms with Crippen molar-refractivity contribution in [2.24, 2.45) is 0 Å². The quantitative estimate of drug-likeness (QED) is 0.487. The van der Waals surface area contributed by atoms with E-state index in [1.54, 1.807) is 0 Å². The van der Waals surface area contributed by atoms with E-state index in [1.165, 1.54) is 7.11 Å². The smallest absolute Gasteiger partial charge is 0.225 e. The monoisotopic (exact) mass is 264 g/mol. The zero-order valence-corrected chi connectivity index (χ0v) is 10.9. The summed E-state index contributed by atoms with van der Waals surface area (Å²) in [7, 11) is 1.48. The molecule has 0 bridgehead atoms. The van der Waals surface area contributed by atoms with E-state index in [1.807, 2.05) is 6.92 Å². The molecule has 1 atom stereocenters. The maximum absolute atomic E-state index is 5.92. The Morgan fingerprint density at radius 2 is 2.06 bits per heavy atom. The highest BCUT2D eigenvalue weighted by molar-refractivity contribution is 6.34. The van der Waals surface area contributed by atoms with E-state index in [-0.39, 0.29) is 16.5 Å². The van der Waals surface area contributed by atoms with Crippen molar-refractivity contribution in [3.63, 3.8) is 0 Å². The van der Waals surface area contributed by atoms with E-state index in [0.29, 0.717) is 11.5 Å². The zero-order chi connectivity index (χ0) is 12.1. The van der Waals surface area contributed by atoms with E-state index in [9.17, 15) is 0 Å². The van der Waals surface area contributed by atoms with Gasteiger partial charge in [0.1, 0.15) is 5.69 Å². The largest absolute Gasteiger partial charge is 0.366 e. The highest BCUT2D eigenvalue weighted by Gasteiger charge is 2.13. The molecule has 0 fully saturated rings. The number of nitrogens with one attached hydrogen (secondary N) is 2. The van der Waals surface area contributed by atoms with E-state index in [0.717, 1.165) is 6.42 Å². The number of rotatable bonds is 5. The van der Waals surface area contributed by atoms with Gasteiger partial charge < -0.3 is 5.32 Å². The fourth-order valence-corrected chi connectivity index (χ4v) is 1.46. The Morgan fingerprint density at radius 3 is 2.62 bits per heavy atom. The second kappa shape index (κ2) is 6.08. The van der Waals surface area contributed by atoms with Gasteiger partial charge in [-0.3, -0.25) is 10.3 Å². The average Bonchev–Trinajstić information content (AvgIpc) is 2.23. The van der Waals surface area contributed by atoms with Crippen LogP contribution in [0, 0.1) is 0 Å². The van der Waals surface area contributed by atoms with Crippen LogP contribution in [0.1, 0.15) is 20.3 Å². The molecule has 0 unspecified atom stereocenters. The van der Waals surface area contributed by atoms with E-state index in [4.69, 9.17) is 28.0 Å². The Balaban J connectivity index is 3.03. The van der Waals surface area contributed by atoms with Gasteiger partial charge in [-0.1, -0.05) is 18.5 Å². The maximum Gasteiger partial charge on any atom is 0.225 e. The van der Waals surface area contributed by atoms with E-state index >= 15 is 0 Å². The molecule has 0 saturated carbocycles. The summed E-state index contributed by atoms with van der Waals surface area (Å²) in [5, 5.41) is 3.47. The predicted octanol–water partition coefficient (Wildman–Crippen LogP) is 2.97. The number of hydrogen-bond acceptors (Lipinski definition) is 5. The fourth-order valence-electron chi connectivity index (χ4n) is 1.04. The van der Waals surface area contributed by atoms with Crippen LogP contribution in [0.15, 0.2) is 0 Å². The average molecular weight is 265 g/mol. The highest BCUT2D eigenvalue weighted by Crippen LogP contribution is 2.29. The van der Waals surface area contributed by atoms with E-state index < -0.39 is 0 Å². The number of anilines is 2. The Hall–Kier alpha value is -0.780. The summed E-state index contributed by atoms with van der Waals surface area (Å²) >= 11 is 11.7. The molecular formula is C9H14Cl2N4O. The van der Waals surface area contributed by atoms with Crippen LogP contribution in [0.25, 0.3) is 0 Å². The number of aromatic nitrogens is 2. The minimum Gasteiger partial charge on any atom is -0.366 e. The van der Waals surface area contributed by atoms with Crippen LogP contribution >= 0.6 is 23.2 Å². The second-order valence-corrected chi connectivity index (χ2v) is 3.96. The fraction of sp³-hybridized carbons (Fsp3) is 0.556. The summed E-state index contributed by atoms with van der Waals surface area (Å²) in [6.07, 6.45) is 0.950. The third-order valence-electron chi connectivity index (χ3n) is 2.04. The summed E-state index contributed by atoms with van der Waals surface area (Å²) in [5.41, 5.74) is 3.10. The lowest BCUT2D eigenvalue weighted by Gasteiger charge is -2.16. The Morgan fingerprint density at radius 1 is 1.38 bits per heavy atom. The molecule has 0 aliphatic rings.